The smallest absolute Gasteiger partial charge is 0.191 e. The van der Waals surface area contributed by atoms with E-state index in [1.165, 1.54) is 5.56 Å². The van der Waals surface area contributed by atoms with Gasteiger partial charge in [-0.2, -0.15) is 0 Å². The second-order valence-electron chi connectivity index (χ2n) is 6.56. The zero-order chi connectivity index (χ0) is 18.2. The molecule has 1 aromatic carbocycles. The largest absolute Gasteiger partial charge is 0.356 e. The molecule has 0 aliphatic heterocycles. The predicted molar refractivity (Wildman–Crippen MR) is 118 cm³/mol. The molecule has 0 fully saturated rings. The molecule has 0 unspecified atom stereocenters. The molecule has 5 nitrogen and oxygen atoms in total. The molecule has 144 valence electrons. The molecule has 0 spiro atoms. The van der Waals surface area contributed by atoms with Gasteiger partial charge in [0.15, 0.2) is 15.8 Å². The Hall–Kier alpha value is -0.540. The summed E-state index contributed by atoms with van der Waals surface area (Å²) in [6.45, 7) is 7.04. The minimum absolute atomic E-state index is 0. The molecule has 25 heavy (non-hydrogen) atoms. The van der Waals surface area contributed by atoms with E-state index in [9.17, 15) is 8.42 Å². The van der Waals surface area contributed by atoms with E-state index >= 15 is 0 Å². The van der Waals surface area contributed by atoms with Gasteiger partial charge in [-0.15, -0.1) is 24.0 Å². The molecule has 2 N–H and O–H groups in total. The van der Waals surface area contributed by atoms with Crippen molar-refractivity contribution < 1.29 is 8.42 Å². The molecule has 1 aromatic rings. The predicted octanol–water partition coefficient (Wildman–Crippen LogP) is 3.13. The summed E-state index contributed by atoms with van der Waals surface area (Å²) in [6.07, 6.45) is 0.877. The lowest BCUT2D eigenvalue weighted by molar-refractivity contribution is 0.359. The Balaban J connectivity index is 0.00000576. The van der Waals surface area contributed by atoms with Crippen LogP contribution in [0.4, 0.5) is 0 Å². The maximum Gasteiger partial charge on any atom is 0.191 e. The van der Waals surface area contributed by atoms with Crippen molar-refractivity contribution in [1.82, 2.24) is 10.6 Å². The van der Waals surface area contributed by atoms with Gasteiger partial charge in [0.1, 0.15) is 0 Å². The van der Waals surface area contributed by atoms with Gasteiger partial charge in [0.25, 0.3) is 0 Å². The molecule has 0 aromatic heterocycles. The highest BCUT2D eigenvalue weighted by Gasteiger charge is 2.19. The molecule has 0 atom stereocenters. The van der Waals surface area contributed by atoms with Crippen LogP contribution < -0.4 is 10.6 Å². The Labute approximate surface area is 174 Å². The monoisotopic (exact) mass is 501 g/mol. The lowest BCUT2D eigenvalue weighted by Gasteiger charge is -2.26. The SMILES string of the molecule is CCS(=O)(=O)CCNC(=NC)NCC(C)(C)Cc1cccc(Cl)c1.I. The summed E-state index contributed by atoms with van der Waals surface area (Å²) in [4.78, 5) is 4.14. The third-order valence-corrected chi connectivity index (χ3v) is 5.62. The van der Waals surface area contributed by atoms with Gasteiger partial charge in [-0.05, 0) is 29.5 Å². The first kappa shape index (κ1) is 24.5. The Kier molecular flexibility index (Phi) is 11.0. The van der Waals surface area contributed by atoms with Crippen molar-refractivity contribution in [2.75, 3.05) is 31.6 Å². The fourth-order valence-corrected chi connectivity index (χ4v) is 3.19. The highest BCUT2D eigenvalue weighted by Crippen LogP contribution is 2.22. The van der Waals surface area contributed by atoms with Crippen LogP contribution in [0.25, 0.3) is 0 Å². The molecule has 0 radical (unpaired) electrons. The first-order valence-corrected chi connectivity index (χ1v) is 10.3. The quantitative estimate of drug-likeness (QED) is 0.326. The van der Waals surface area contributed by atoms with Gasteiger partial charge < -0.3 is 10.6 Å². The lowest BCUT2D eigenvalue weighted by Crippen LogP contribution is -2.44. The summed E-state index contributed by atoms with van der Waals surface area (Å²) in [5, 5.41) is 7.05. The number of hydrogen-bond donors (Lipinski definition) is 2. The van der Waals surface area contributed by atoms with Crippen LogP contribution in [0.5, 0.6) is 0 Å². The van der Waals surface area contributed by atoms with Crippen LogP contribution in [0.3, 0.4) is 0 Å². The normalized spacial score (nSPS) is 12.4. The molecule has 0 amide bonds. The van der Waals surface area contributed by atoms with Gasteiger partial charge in [0.2, 0.25) is 0 Å². The number of guanidine groups is 1. The van der Waals surface area contributed by atoms with Crippen molar-refractivity contribution in [2.45, 2.75) is 27.2 Å². The Morgan fingerprint density at radius 2 is 1.96 bits per heavy atom. The van der Waals surface area contributed by atoms with Crippen molar-refractivity contribution in [3.63, 3.8) is 0 Å². The summed E-state index contributed by atoms with van der Waals surface area (Å²) in [5.41, 5.74) is 1.18. The molecule has 1 rings (SSSR count). The maximum atomic E-state index is 11.5. The third kappa shape index (κ3) is 10.3. The summed E-state index contributed by atoms with van der Waals surface area (Å²) in [7, 11) is -1.30. The van der Waals surface area contributed by atoms with E-state index in [1.807, 2.05) is 18.2 Å². The van der Waals surface area contributed by atoms with Gasteiger partial charge in [0, 0.05) is 30.9 Å². The van der Waals surface area contributed by atoms with E-state index in [1.54, 1.807) is 14.0 Å². The Morgan fingerprint density at radius 3 is 2.52 bits per heavy atom. The first-order chi connectivity index (χ1) is 11.2. The van der Waals surface area contributed by atoms with Gasteiger partial charge in [-0.3, -0.25) is 4.99 Å². The third-order valence-electron chi connectivity index (χ3n) is 3.68. The van der Waals surface area contributed by atoms with E-state index < -0.39 is 9.84 Å². The summed E-state index contributed by atoms with van der Waals surface area (Å²) in [5.74, 6) is 0.879. The topological polar surface area (TPSA) is 70.6 Å². The van der Waals surface area contributed by atoms with Crippen molar-refractivity contribution in [1.29, 1.82) is 0 Å². The lowest BCUT2D eigenvalue weighted by atomic mass is 9.86. The standard InChI is InChI=1S/C17H28ClN3O2S.HI/c1-5-24(22,23)10-9-20-16(19-4)21-13-17(2,3)12-14-7-6-8-15(18)11-14;/h6-8,11H,5,9-10,12-13H2,1-4H3,(H2,19,20,21);1H. The van der Waals surface area contributed by atoms with Crippen molar-refractivity contribution in [3.05, 3.63) is 34.9 Å². The molecular weight excluding hydrogens is 473 g/mol. The molecule has 0 bridgehead atoms. The van der Waals surface area contributed by atoms with Crippen LogP contribution in [0.2, 0.25) is 5.02 Å². The molecule has 8 heteroatoms. The van der Waals surface area contributed by atoms with Crippen LogP contribution in [-0.2, 0) is 16.3 Å². The minimum atomic E-state index is -2.97. The second kappa shape index (κ2) is 11.2. The Morgan fingerprint density at radius 1 is 1.28 bits per heavy atom. The second-order valence-corrected chi connectivity index (χ2v) is 9.47. The molecular formula is C17H29ClIN3O2S. The van der Waals surface area contributed by atoms with Crippen LogP contribution in [0.1, 0.15) is 26.3 Å². The maximum absolute atomic E-state index is 11.5. The van der Waals surface area contributed by atoms with Gasteiger partial charge in [-0.1, -0.05) is 44.5 Å². The van der Waals surface area contributed by atoms with E-state index in [0.717, 1.165) is 11.4 Å². The number of sulfone groups is 1. The Bertz CT molecular complexity index is 664. The average molecular weight is 502 g/mol. The van der Waals surface area contributed by atoms with E-state index in [-0.39, 0.29) is 40.9 Å². The highest BCUT2D eigenvalue weighted by molar-refractivity contribution is 14.0. The highest BCUT2D eigenvalue weighted by atomic mass is 127. The van der Waals surface area contributed by atoms with Crippen molar-refractivity contribution >= 4 is 51.4 Å². The van der Waals surface area contributed by atoms with Crippen molar-refractivity contribution in [2.24, 2.45) is 10.4 Å². The number of nitrogens with one attached hydrogen (secondary N) is 2. The molecule has 0 saturated heterocycles. The van der Waals surface area contributed by atoms with Crippen molar-refractivity contribution in [3.8, 4) is 0 Å². The van der Waals surface area contributed by atoms with Crippen LogP contribution >= 0.6 is 35.6 Å². The zero-order valence-corrected chi connectivity index (χ0v) is 19.2. The minimum Gasteiger partial charge on any atom is -0.356 e. The van der Waals surface area contributed by atoms with Crippen LogP contribution in [0.15, 0.2) is 29.3 Å². The van der Waals surface area contributed by atoms with Crippen LogP contribution in [-0.4, -0.2) is 46.0 Å². The molecule has 0 saturated carbocycles. The summed E-state index contributed by atoms with van der Waals surface area (Å²) in [6, 6.07) is 7.87. The number of aliphatic imine (C=N–C) groups is 1. The number of halogens is 2. The van der Waals surface area contributed by atoms with Gasteiger partial charge in [0.05, 0.1) is 5.75 Å². The fourth-order valence-electron chi connectivity index (χ4n) is 2.27. The van der Waals surface area contributed by atoms with Gasteiger partial charge in [-0.25, -0.2) is 8.42 Å². The number of nitrogens with zero attached hydrogens (tertiary/aromatic N) is 1. The molecule has 0 aliphatic rings. The fraction of sp³-hybridized carbons (Fsp3) is 0.588. The molecule has 0 aliphatic carbocycles. The average Bonchev–Trinajstić information content (AvgIpc) is 2.50. The zero-order valence-electron chi connectivity index (χ0n) is 15.3. The summed E-state index contributed by atoms with van der Waals surface area (Å²) < 4.78 is 23.0. The summed E-state index contributed by atoms with van der Waals surface area (Å²) >= 11 is 6.04. The molecule has 0 heterocycles. The number of rotatable bonds is 8. The van der Waals surface area contributed by atoms with E-state index in [0.29, 0.717) is 19.0 Å². The van der Waals surface area contributed by atoms with E-state index in [4.69, 9.17) is 11.6 Å². The first-order valence-electron chi connectivity index (χ1n) is 8.07. The number of hydrogen-bond acceptors (Lipinski definition) is 3. The number of benzene rings is 1. The van der Waals surface area contributed by atoms with E-state index in [2.05, 4.69) is 35.5 Å². The van der Waals surface area contributed by atoms with Gasteiger partial charge >= 0.3 is 0 Å². The van der Waals surface area contributed by atoms with Crippen LogP contribution in [0, 0.1) is 5.41 Å².